The molecule has 0 aliphatic heterocycles. The molecular formula is C17H18O. The fourth-order valence-electron chi connectivity index (χ4n) is 1.97. The van der Waals surface area contributed by atoms with E-state index in [1.807, 2.05) is 12.1 Å². The zero-order valence-electron chi connectivity index (χ0n) is 11.1. The molecule has 0 bridgehead atoms. The molecule has 0 unspecified atom stereocenters. The Hall–Kier alpha value is -2.02. The molecule has 18 heavy (non-hydrogen) atoms. The second-order valence-electron chi connectivity index (χ2n) is 4.54. The van der Waals surface area contributed by atoms with Crippen LogP contribution in [0.1, 0.15) is 19.4 Å². The zero-order valence-corrected chi connectivity index (χ0v) is 11.1. The Balaban J connectivity index is 2.46. The predicted octanol–water partition coefficient (Wildman–Crippen LogP) is 4.79. The Morgan fingerprint density at radius 3 is 2.22 bits per heavy atom. The molecule has 0 N–H and O–H groups in total. The van der Waals surface area contributed by atoms with E-state index in [0.29, 0.717) is 0 Å². The van der Waals surface area contributed by atoms with Gasteiger partial charge in [0.15, 0.2) is 0 Å². The summed E-state index contributed by atoms with van der Waals surface area (Å²) in [4.78, 5) is 0. The molecule has 0 saturated heterocycles. The van der Waals surface area contributed by atoms with Crippen molar-refractivity contribution < 1.29 is 4.74 Å². The third-order valence-electron chi connectivity index (χ3n) is 2.81. The summed E-state index contributed by atoms with van der Waals surface area (Å²) in [5.74, 6) is 0.887. The normalized spacial score (nSPS) is 9.94. The fourth-order valence-corrected chi connectivity index (χ4v) is 1.97. The third-order valence-corrected chi connectivity index (χ3v) is 2.81. The van der Waals surface area contributed by atoms with Crippen LogP contribution in [0.15, 0.2) is 54.1 Å². The second-order valence-corrected chi connectivity index (χ2v) is 4.54. The van der Waals surface area contributed by atoms with Crippen LogP contribution >= 0.6 is 0 Å². The van der Waals surface area contributed by atoms with Gasteiger partial charge in [-0.15, -0.1) is 0 Å². The fraction of sp³-hybridized carbons (Fsp3) is 0.176. The van der Waals surface area contributed by atoms with Crippen molar-refractivity contribution in [2.45, 2.75) is 13.8 Å². The van der Waals surface area contributed by atoms with Crippen LogP contribution in [0.2, 0.25) is 0 Å². The third kappa shape index (κ3) is 2.80. The summed E-state index contributed by atoms with van der Waals surface area (Å²) in [7, 11) is 1.69. The van der Waals surface area contributed by atoms with E-state index in [2.05, 4.69) is 56.3 Å². The summed E-state index contributed by atoms with van der Waals surface area (Å²) < 4.78 is 5.19. The van der Waals surface area contributed by atoms with Gasteiger partial charge in [-0.3, -0.25) is 0 Å². The van der Waals surface area contributed by atoms with Gasteiger partial charge in [-0.1, -0.05) is 48.0 Å². The van der Waals surface area contributed by atoms with E-state index < -0.39 is 0 Å². The van der Waals surface area contributed by atoms with Gasteiger partial charge in [0.25, 0.3) is 0 Å². The van der Waals surface area contributed by atoms with E-state index in [1.165, 1.54) is 22.3 Å². The number of hydrogen-bond donors (Lipinski definition) is 0. The van der Waals surface area contributed by atoms with Crippen LogP contribution in [0.3, 0.4) is 0 Å². The largest absolute Gasteiger partial charge is 0.497 e. The molecule has 2 aromatic rings. The molecule has 0 radical (unpaired) electrons. The minimum absolute atomic E-state index is 0.887. The van der Waals surface area contributed by atoms with E-state index >= 15 is 0 Å². The number of hydrogen-bond acceptors (Lipinski definition) is 1. The molecule has 0 saturated carbocycles. The van der Waals surface area contributed by atoms with Crippen molar-refractivity contribution in [2.24, 2.45) is 0 Å². The van der Waals surface area contributed by atoms with Gasteiger partial charge in [-0.05, 0) is 42.7 Å². The first kappa shape index (κ1) is 12.4. The standard InChI is InChI=1S/C17H18O/c1-13(2)12-15-6-4-5-7-17(15)14-8-10-16(18-3)11-9-14/h4-12H,1-3H3. The maximum Gasteiger partial charge on any atom is 0.118 e. The van der Waals surface area contributed by atoms with Gasteiger partial charge in [0.2, 0.25) is 0 Å². The summed E-state index contributed by atoms with van der Waals surface area (Å²) >= 11 is 0. The van der Waals surface area contributed by atoms with Gasteiger partial charge in [0.05, 0.1) is 7.11 Å². The quantitative estimate of drug-likeness (QED) is 0.747. The Morgan fingerprint density at radius 1 is 0.944 bits per heavy atom. The van der Waals surface area contributed by atoms with Gasteiger partial charge in [-0.2, -0.15) is 0 Å². The van der Waals surface area contributed by atoms with Gasteiger partial charge in [-0.25, -0.2) is 0 Å². The molecule has 92 valence electrons. The maximum atomic E-state index is 5.19. The lowest BCUT2D eigenvalue weighted by atomic mass is 9.98. The molecule has 1 heteroatoms. The van der Waals surface area contributed by atoms with Crippen LogP contribution in [0.25, 0.3) is 17.2 Å². The number of benzene rings is 2. The second kappa shape index (κ2) is 5.54. The monoisotopic (exact) mass is 238 g/mol. The summed E-state index contributed by atoms with van der Waals surface area (Å²) in [5, 5.41) is 0. The van der Waals surface area contributed by atoms with Crippen LogP contribution in [0.4, 0.5) is 0 Å². The lowest BCUT2D eigenvalue weighted by molar-refractivity contribution is 0.415. The first-order valence-electron chi connectivity index (χ1n) is 6.09. The van der Waals surface area contributed by atoms with Crippen LogP contribution in [-0.2, 0) is 0 Å². The molecule has 2 aromatic carbocycles. The highest BCUT2D eigenvalue weighted by Gasteiger charge is 2.02. The number of methoxy groups -OCH3 is 1. The molecule has 1 nitrogen and oxygen atoms in total. The van der Waals surface area contributed by atoms with Crippen molar-refractivity contribution in [3.8, 4) is 16.9 Å². The van der Waals surface area contributed by atoms with Crippen molar-refractivity contribution in [2.75, 3.05) is 7.11 Å². The summed E-state index contributed by atoms with van der Waals surface area (Å²) in [6.07, 6.45) is 2.21. The van der Waals surface area contributed by atoms with Crippen molar-refractivity contribution in [1.82, 2.24) is 0 Å². The summed E-state index contributed by atoms with van der Waals surface area (Å²) in [6.45, 7) is 4.23. The predicted molar refractivity (Wildman–Crippen MR) is 77.8 cm³/mol. The van der Waals surface area contributed by atoms with E-state index in [9.17, 15) is 0 Å². The molecule has 0 heterocycles. The molecule has 0 spiro atoms. The molecular weight excluding hydrogens is 220 g/mol. The Morgan fingerprint density at radius 2 is 1.61 bits per heavy atom. The van der Waals surface area contributed by atoms with Crippen molar-refractivity contribution in [1.29, 1.82) is 0 Å². The van der Waals surface area contributed by atoms with Crippen LogP contribution in [-0.4, -0.2) is 7.11 Å². The lowest BCUT2D eigenvalue weighted by Gasteiger charge is -2.08. The lowest BCUT2D eigenvalue weighted by Crippen LogP contribution is -1.85. The average molecular weight is 238 g/mol. The first-order chi connectivity index (χ1) is 8.70. The number of ether oxygens (including phenoxy) is 1. The van der Waals surface area contributed by atoms with Crippen molar-refractivity contribution >= 4 is 6.08 Å². The molecule has 2 rings (SSSR count). The molecule has 0 amide bonds. The summed E-state index contributed by atoms with van der Waals surface area (Å²) in [5.41, 5.74) is 5.02. The molecule has 0 fully saturated rings. The summed E-state index contributed by atoms with van der Waals surface area (Å²) in [6, 6.07) is 16.6. The highest BCUT2D eigenvalue weighted by molar-refractivity contribution is 5.76. The van der Waals surface area contributed by atoms with E-state index in [1.54, 1.807) is 7.11 Å². The van der Waals surface area contributed by atoms with Crippen LogP contribution in [0, 0.1) is 0 Å². The van der Waals surface area contributed by atoms with Gasteiger partial charge in [0.1, 0.15) is 5.75 Å². The smallest absolute Gasteiger partial charge is 0.118 e. The van der Waals surface area contributed by atoms with E-state index in [0.717, 1.165) is 5.75 Å². The van der Waals surface area contributed by atoms with Gasteiger partial charge in [0, 0.05) is 0 Å². The number of allylic oxidation sites excluding steroid dienone is 1. The van der Waals surface area contributed by atoms with Crippen molar-refractivity contribution in [3.05, 3.63) is 59.7 Å². The number of rotatable bonds is 3. The SMILES string of the molecule is COc1ccc(-c2ccccc2C=C(C)C)cc1. The van der Waals surface area contributed by atoms with E-state index in [-0.39, 0.29) is 0 Å². The van der Waals surface area contributed by atoms with Gasteiger partial charge >= 0.3 is 0 Å². The highest BCUT2D eigenvalue weighted by Crippen LogP contribution is 2.27. The van der Waals surface area contributed by atoms with Crippen molar-refractivity contribution in [3.63, 3.8) is 0 Å². The van der Waals surface area contributed by atoms with E-state index in [4.69, 9.17) is 4.74 Å². The zero-order chi connectivity index (χ0) is 13.0. The van der Waals surface area contributed by atoms with Crippen LogP contribution < -0.4 is 4.74 Å². The average Bonchev–Trinajstić information content (AvgIpc) is 2.39. The Kier molecular flexibility index (Phi) is 3.83. The topological polar surface area (TPSA) is 9.23 Å². The Bertz CT molecular complexity index is 546. The molecule has 0 aliphatic carbocycles. The van der Waals surface area contributed by atoms with Gasteiger partial charge < -0.3 is 4.74 Å². The maximum absolute atomic E-state index is 5.19. The highest BCUT2D eigenvalue weighted by atomic mass is 16.5. The minimum atomic E-state index is 0.887. The Labute approximate surface area is 109 Å². The molecule has 0 aliphatic rings. The molecule has 0 aromatic heterocycles. The first-order valence-corrected chi connectivity index (χ1v) is 6.09. The van der Waals surface area contributed by atoms with Crippen LogP contribution in [0.5, 0.6) is 5.75 Å². The minimum Gasteiger partial charge on any atom is -0.497 e. The molecule has 0 atom stereocenters.